The zero-order valence-corrected chi connectivity index (χ0v) is 17.1. The molecule has 0 saturated carbocycles. The maximum absolute atomic E-state index is 12.9. The summed E-state index contributed by atoms with van der Waals surface area (Å²) in [7, 11) is 0. The zero-order valence-electron chi connectivity index (χ0n) is 16.3. The number of rotatable bonds is 10. The molecule has 0 fully saturated rings. The van der Waals surface area contributed by atoms with Crippen molar-refractivity contribution in [1.29, 1.82) is 0 Å². The number of hydrogen-bond acceptors (Lipinski definition) is 3. The second kappa shape index (κ2) is 11.5. The van der Waals surface area contributed by atoms with E-state index in [0.717, 1.165) is 22.6 Å². The van der Waals surface area contributed by atoms with E-state index in [2.05, 4.69) is 10.6 Å². The summed E-state index contributed by atoms with van der Waals surface area (Å²) in [6.45, 7) is 4.36. The number of thioether (sulfide) groups is 1. The van der Waals surface area contributed by atoms with E-state index in [4.69, 9.17) is 0 Å². The van der Waals surface area contributed by atoms with E-state index in [0.29, 0.717) is 6.54 Å². The van der Waals surface area contributed by atoms with Crippen LogP contribution in [0.5, 0.6) is 0 Å². The molecule has 2 N–H and O–H groups in total. The number of halogens is 1. The highest BCUT2D eigenvalue weighted by Gasteiger charge is 2.23. The Kier molecular flexibility index (Phi) is 9.01. The van der Waals surface area contributed by atoms with Crippen LogP contribution < -0.4 is 10.6 Å². The van der Waals surface area contributed by atoms with E-state index >= 15 is 0 Å². The van der Waals surface area contributed by atoms with Crippen LogP contribution in [0.2, 0.25) is 0 Å². The van der Waals surface area contributed by atoms with Gasteiger partial charge in [-0.25, -0.2) is 4.39 Å². The molecular weight excluding hydrogens is 375 g/mol. The van der Waals surface area contributed by atoms with Gasteiger partial charge >= 0.3 is 0 Å². The highest BCUT2D eigenvalue weighted by atomic mass is 32.2. The number of carbonyl (C=O) groups is 2. The summed E-state index contributed by atoms with van der Waals surface area (Å²) in [5, 5.41) is 5.75. The van der Waals surface area contributed by atoms with Crippen molar-refractivity contribution < 1.29 is 14.0 Å². The normalized spacial score (nSPS) is 11.9. The highest BCUT2D eigenvalue weighted by Crippen LogP contribution is 2.18. The van der Waals surface area contributed by atoms with Crippen molar-refractivity contribution in [1.82, 2.24) is 10.6 Å². The van der Waals surface area contributed by atoms with E-state index in [1.807, 2.05) is 44.2 Å². The van der Waals surface area contributed by atoms with Gasteiger partial charge in [-0.1, -0.05) is 44.2 Å². The molecule has 1 unspecified atom stereocenters. The van der Waals surface area contributed by atoms with Crippen LogP contribution in [0.1, 0.15) is 25.8 Å². The molecule has 0 spiro atoms. The molecule has 4 nitrogen and oxygen atoms in total. The number of amides is 2. The second-order valence-corrected chi connectivity index (χ2v) is 8.07. The first kappa shape index (κ1) is 22.0. The molecule has 28 heavy (non-hydrogen) atoms. The molecule has 0 aliphatic carbocycles. The summed E-state index contributed by atoms with van der Waals surface area (Å²) in [6, 6.07) is 15.3. The van der Waals surface area contributed by atoms with Crippen molar-refractivity contribution in [2.24, 2.45) is 5.92 Å². The molecule has 0 saturated heterocycles. The number of carbonyl (C=O) groups excluding carboxylic acids is 2. The van der Waals surface area contributed by atoms with Gasteiger partial charge in [0.2, 0.25) is 11.8 Å². The van der Waals surface area contributed by atoms with Gasteiger partial charge in [0.25, 0.3) is 0 Å². The largest absolute Gasteiger partial charge is 0.354 e. The fourth-order valence-corrected chi connectivity index (χ4v) is 3.51. The fraction of sp³-hybridized carbons (Fsp3) is 0.364. The average Bonchev–Trinajstić information content (AvgIpc) is 2.67. The Labute approximate surface area is 170 Å². The minimum atomic E-state index is -0.555. The van der Waals surface area contributed by atoms with Crippen molar-refractivity contribution in [2.45, 2.75) is 37.6 Å². The molecule has 0 bridgehead atoms. The molecule has 2 aromatic carbocycles. The van der Waals surface area contributed by atoms with Gasteiger partial charge in [-0.2, -0.15) is 0 Å². The molecule has 150 valence electrons. The maximum atomic E-state index is 12.9. The standard InChI is InChI=1S/C22H27FN2O2S/c1-16(2)21(25-20(26)15-17-7-4-3-5-8-17)22(27)24-13-6-14-28-19-11-9-18(23)10-12-19/h3-5,7-12,16,21H,6,13-15H2,1-2H3,(H,24,27)(H,25,26). The van der Waals surface area contributed by atoms with Gasteiger partial charge in [0.1, 0.15) is 11.9 Å². The topological polar surface area (TPSA) is 58.2 Å². The van der Waals surface area contributed by atoms with Crippen molar-refractivity contribution in [3.63, 3.8) is 0 Å². The first-order valence-electron chi connectivity index (χ1n) is 9.45. The van der Waals surface area contributed by atoms with Crippen molar-refractivity contribution >= 4 is 23.6 Å². The minimum absolute atomic E-state index is 0.00619. The summed E-state index contributed by atoms with van der Waals surface area (Å²) in [5.41, 5.74) is 0.917. The molecule has 2 amide bonds. The molecule has 1 atom stereocenters. The SMILES string of the molecule is CC(C)C(NC(=O)Cc1ccccc1)C(=O)NCCCSc1ccc(F)cc1. The average molecular weight is 403 g/mol. The van der Waals surface area contributed by atoms with E-state index in [9.17, 15) is 14.0 Å². The van der Waals surface area contributed by atoms with Gasteiger partial charge < -0.3 is 10.6 Å². The third-order valence-electron chi connectivity index (χ3n) is 4.18. The van der Waals surface area contributed by atoms with Crippen molar-refractivity contribution in [3.05, 3.63) is 66.0 Å². The van der Waals surface area contributed by atoms with E-state index < -0.39 is 6.04 Å². The number of nitrogens with one attached hydrogen (secondary N) is 2. The Morgan fingerprint density at radius 2 is 1.71 bits per heavy atom. The number of hydrogen-bond donors (Lipinski definition) is 2. The quantitative estimate of drug-likeness (QED) is 0.469. The van der Waals surface area contributed by atoms with Crippen LogP contribution in [0, 0.1) is 11.7 Å². The first-order valence-corrected chi connectivity index (χ1v) is 10.4. The van der Waals surface area contributed by atoms with Crippen LogP contribution in [0.3, 0.4) is 0 Å². The van der Waals surface area contributed by atoms with Gasteiger partial charge in [-0.15, -0.1) is 11.8 Å². The lowest BCUT2D eigenvalue weighted by atomic mass is 10.0. The molecule has 0 aliphatic rings. The lowest BCUT2D eigenvalue weighted by molar-refractivity contribution is -0.129. The summed E-state index contributed by atoms with van der Waals surface area (Å²) >= 11 is 1.62. The predicted octanol–water partition coefficient (Wildman–Crippen LogP) is 3.81. The monoisotopic (exact) mass is 402 g/mol. The Hall–Kier alpha value is -2.34. The molecule has 0 radical (unpaired) electrons. The van der Waals surface area contributed by atoms with Crippen LogP contribution >= 0.6 is 11.8 Å². The second-order valence-electron chi connectivity index (χ2n) is 6.90. The molecule has 2 rings (SSSR count). The predicted molar refractivity (Wildman–Crippen MR) is 112 cm³/mol. The van der Waals surface area contributed by atoms with Gasteiger partial charge in [0.05, 0.1) is 6.42 Å². The summed E-state index contributed by atoms with van der Waals surface area (Å²) in [4.78, 5) is 25.7. The third kappa shape index (κ3) is 7.72. The van der Waals surface area contributed by atoms with Gasteiger partial charge in [0.15, 0.2) is 0 Å². The Morgan fingerprint density at radius 3 is 2.36 bits per heavy atom. The van der Waals surface area contributed by atoms with Crippen molar-refractivity contribution in [2.75, 3.05) is 12.3 Å². The molecule has 0 aliphatic heterocycles. The summed E-state index contributed by atoms with van der Waals surface area (Å²) < 4.78 is 12.9. The highest BCUT2D eigenvalue weighted by molar-refractivity contribution is 7.99. The minimum Gasteiger partial charge on any atom is -0.354 e. The van der Waals surface area contributed by atoms with Crippen molar-refractivity contribution in [3.8, 4) is 0 Å². The van der Waals surface area contributed by atoms with Crippen LogP contribution in [0.4, 0.5) is 4.39 Å². The zero-order chi connectivity index (χ0) is 20.4. The molecule has 6 heteroatoms. The van der Waals surface area contributed by atoms with Crippen LogP contribution in [0.15, 0.2) is 59.5 Å². The van der Waals surface area contributed by atoms with Crippen LogP contribution in [-0.2, 0) is 16.0 Å². The number of benzene rings is 2. The molecule has 2 aromatic rings. The molecule has 0 aromatic heterocycles. The van der Waals surface area contributed by atoms with Gasteiger partial charge in [-0.05, 0) is 47.9 Å². The Balaban J connectivity index is 1.72. The smallest absolute Gasteiger partial charge is 0.242 e. The third-order valence-corrected chi connectivity index (χ3v) is 5.27. The summed E-state index contributed by atoms with van der Waals surface area (Å²) in [5.74, 6) is 0.243. The van der Waals surface area contributed by atoms with Gasteiger partial charge in [-0.3, -0.25) is 9.59 Å². The Morgan fingerprint density at radius 1 is 1.04 bits per heavy atom. The molecular formula is C22H27FN2O2S. The van der Waals surface area contributed by atoms with E-state index in [1.165, 1.54) is 12.1 Å². The van der Waals surface area contributed by atoms with E-state index in [-0.39, 0.29) is 30.0 Å². The van der Waals surface area contributed by atoms with Crippen LogP contribution in [0.25, 0.3) is 0 Å². The lowest BCUT2D eigenvalue weighted by Gasteiger charge is -2.21. The van der Waals surface area contributed by atoms with E-state index in [1.54, 1.807) is 23.9 Å². The van der Waals surface area contributed by atoms with Gasteiger partial charge in [0, 0.05) is 11.4 Å². The summed E-state index contributed by atoms with van der Waals surface area (Å²) in [6.07, 6.45) is 1.04. The fourth-order valence-electron chi connectivity index (χ4n) is 2.66. The molecule has 0 heterocycles. The first-order chi connectivity index (χ1) is 13.5. The lowest BCUT2D eigenvalue weighted by Crippen LogP contribution is -2.50. The maximum Gasteiger partial charge on any atom is 0.242 e. The Bertz CT molecular complexity index is 751. The van der Waals surface area contributed by atoms with Crippen LogP contribution in [-0.4, -0.2) is 30.2 Å².